The van der Waals surface area contributed by atoms with Crippen molar-refractivity contribution < 1.29 is 4.74 Å². The van der Waals surface area contributed by atoms with Crippen molar-refractivity contribution in [2.45, 2.75) is 59.0 Å². The number of fused-ring (bicyclic) bond motifs is 1. The Hall–Kier alpha value is -2.57. The van der Waals surface area contributed by atoms with Gasteiger partial charge < -0.3 is 15.4 Å². The molecular weight excluding hydrogens is 364 g/mol. The summed E-state index contributed by atoms with van der Waals surface area (Å²) in [6.07, 6.45) is 3.81. The molecule has 1 aromatic heterocycles. The Kier molecular flexibility index (Phi) is 7.49. The molecule has 0 bridgehead atoms. The fourth-order valence-corrected chi connectivity index (χ4v) is 3.36. The third-order valence-electron chi connectivity index (χ3n) is 5.00. The summed E-state index contributed by atoms with van der Waals surface area (Å²) in [5.74, 6) is 4.34. The molecule has 2 heterocycles. The van der Waals surface area contributed by atoms with Gasteiger partial charge >= 0.3 is 0 Å². The maximum atomic E-state index is 5.74. The van der Waals surface area contributed by atoms with Crippen molar-refractivity contribution in [3.05, 3.63) is 41.5 Å². The van der Waals surface area contributed by atoms with Crippen LogP contribution in [-0.4, -0.2) is 47.0 Å². The fourth-order valence-electron chi connectivity index (χ4n) is 3.36. The second-order valence-corrected chi connectivity index (χ2v) is 7.96. The molecule has 1 aliphatic heterocycles. The van der Waals surface area contributed by atoms with Gasteiger partial charge in [-0.15, -0.1) is 0 Å². The number of aryl methyl sites for hydroxylation is 2. The summed E-state index contributed by atoms with van der Waals surface area (Å²) in [6.45, 7) is 8.81. The predicted octanol–water partition coefficient (Wildman–Crippen LogP) is 2.60. The van der Waals surface area contributed by atoms with Gasteiger partial charge in [-0.3, -0.25) is 4.99 Å². The number of nitrogens with one attached hydrogen (secondary N) is 2. The zero-order valence-electron chi connectivity index (χ0n) is 18.1. The average Bonchev–Trinajstić information content (AvgIpc) is 3.15. The smallest absolute Gasteiger partial charge is 0.191 e. The van der Waals surface area contributed by atoms with Gasteiger partial charge in [0.25, 0.3) is 0 Å². The minimum Gasteiger partial charge on any atom is -0.493 e. The van der Waals surface area contributed by atoms with Crippen LogP contribution in [0.2, 0.25) is 0 Å². The summed E-state index contributed by atoms with van der Waals surface area (Å²) in [5.41, 5.74) is 1.28. The quantitative estimate of drug-likeness (QED) is 0.528. The Bertz CT molecular complexity index is 796. The maximum absolute atomic E-state index is 5.74. The Morgan fingerprint density at radius 3 is 2.79 bits per heavy atom. The molecule has 7 heteroatoms. The molecule has 1 unspecified atom stereocenters. The Morgan fingerprint density at radius 1 is 1.31 bits per heavy atom. The summed E-state index contributed by atoms with van der Waals surface area (Å²) in [6, 6.07) is 8.68. The third-order valence-corrected chi connectivity index (χ3v) is 5.00. The van der Waals surface area contributed by atoms with E-state index in [1.807, 2.05) is 23.9 Å². The van der Waals surface area contributed by atoms with E-state index in [-0.39, 0.29) is 0 Å². The average molecular weight is 399 g/mol. The van der Waals surface area contributed by atoms with E-state index in [4.69, 9.17) is 4.74 Å². The number of hydrogen-bond acceptors (Lipinski definition) is 4. The van der Waals surface area contributed by atoms with Gasteiger partial charge in [0.15, 0.2) is 11.8 Å². The lowest BCUT2D eigenvalue weighted by Gasteiger charge is -2.25. The minimum atomic E-state index is 0.317. The normalized spacial score (nSPS) is 16.6. The van der Waals surface area contributed by atoms with Crippen LogP contribution in [-0.2, 0) is 25.8 Å². The number of aromatic nitrogens is 3. The van der Waals surface area contributed by atoms with Crippen LogP contribution < -0.4 is 15.4 Å². The van der Waals surface area contributed by atoms with Gasteiger partial charge in [-0.1, -0.05) is 32.9 Å². The van der Waals surface area contributed by atoms with E-state index in [1.54, 1.807) is 0 Å². The van der Waals surface area contributed by atoms with Crippen LogP contribution in [0.3, 0.4) is 0 Å². The lowest BCUT2D eigenvalue weighted by atomic mass is 10.1. The van der Waals surface area contributed by atoms with Crippen LogP contribution in [0.5, 0.6) is 5.75 Å². The molecule has 1 aromatic carbocycles. The molecule has 29 heavy (non-hydrogen) atoms. The maximum Gasteiger partial charge on any atom is 0.191 e. The van der Waals surface area contributed by atoms with E-state index in [2.05, 4.69) is 58.6 Å². The second-order valence-electron chi connectivity index (χ2n) is 7.96. The predicted molar refractivity (Wildman–Crippen MR) is 116 cm³/mol. The first kappa shape index (κ1) is 21.1. The molecule has 3 rings (SSSR count). The molecule has 0 saturated heterocycles. The number of rotatable bonds is 8. The zero-order chi connectivity index (χ0) is 20.6. The molecule has 0 spiro atoms. The van der Waals surface area contributed by atoms with E-state index >= 15 is 0 Å². The highest BCUT2D eigenvalue weighted by molar-refractivity contribution is 5.79. The molecule has 158 valence electrons. The van der Waals surface area contributed by atoms with Gasteiger partial charge in [0.05, 0.1) is 13.2 Å². The summed E-state index contributed by atoms with van der Waals surface area (Å²) < 4.78 is 7.78. The van der Waals surface area contributed by atoms with Crippen molar-refractivity contribution >= 4 is 5.96 Å². The first-order valence-corrected chi connectivity index (χ1v) is 10.7. The van der Waals surface area contributed by atoms with Crippen molar-refractivity contribution in [1.82, 2.24) is 25.4 Å². The van der Waals surface area contributed by atoms with E-state index in [1.165, 1.54) is 5.56 Å². The number of guanidine groups is 1. The van der Waals surface area contributed by atoms with Gasteiger partial charge in [0, 0.05) is 32.5 Å². The Balaban J connectivity index is 1.43. The molecule has 0 radical (unpaired) electrons. The summed E-state index contributed by atoms with van der Waals surface area (Å²) in [5, 5.41) is 11.5. The van der Waals surface area contributed by atoms with Crippen LogP contribution in [0.15, 0.2) is 29.3 Å². The number of ether oxygens (including phenoxy) is 1. The van der Waals surface area contributed by atoms with E-state index < -0.39 is 0 Å². The Morgan fingerprint density at radius 2 is 2.10 bits per heavy atom. The van der Waals surface area contributed by atoms with Gasteiger partial charge in [0.1, 0.15) is 11.6 Å². The van der Waals surface area contributed by atoms with Crippen molar-refractivity contribution in [1.29, 1.82) is 0 Å². The first-order chi connectivity index (χ1) is 14.1. The number of aliphatic imine (C=N–C) groups is 1. The molecule has 7 nitrogen and oxygen atoms in total. The number of benzene rings is 1. The van der Waals surface area contributed by atoms with E-state index in [0.717, 1.165) is 68.7 Å². The van der Waals surface area contributed by atoms with Gasteiger partial charge in [-0.05, 0) is 36.5 Å². The van der Waals surface area contributed by atoms with Gasteiger partial charge in [-0.25, -0.2) is 9.67 Å². The molecule has 1 atom stereocenters. The van der Waals surface area contributed by atoms with Crippen LogP contribution in [0, 0.1) is 5.92 Å². The Labute approximate surface area is 174 Å². The zero-order valence-corrected chi connectivity index (χ0v) is 18.1. The molecule has 0 amide bonds. The third kappa shape index (κ3) is 6.21. The monoisotopic (exact) mass is 398 g/mol. The van der Waals surface area contributed by atoms with Crippen molar-refractivity contribution in [3.8, 4) is 5.75 Å². The topological polar surface area (TPSA) is 76.4 Å². The highest BCUT2D eigenvalue weighted by Gasteiger charge is 2.21. The minimum absolute atomic E-state index is 0.317. The molecule has 2 N–H and O–H groups in total. The summed E-state index contributed by atoms with van der Waals surface area (Å²) in [7, 11) is 1.81. The molecular formula is C22H34N6O. The molecule has 2 aromatic rings. The fraction of sp³-hybridized carbons (Fsp3) is 0.591. The molecule has 0 aliphatic carbocycles. The molecule has 0 saturated carbocycles. The second kappa shape index (κ2) is 10.3. The van der Waals surface area contributed by atoms with Crippen LogP contribution in [0.25, 0.3) is 0 Å². The number of nitrogens with zero attached hydrogens (tertiary/aromatic N) is 4. The van der Waals surface area contributed by atoms with Crippen LogP contribution >= 0.6 is 0 Å². The SMILES string of the molecule is CCc1nc2n(n1)CC(NC(=NC)NCCc1ccc(OCC(C)C)cc1)CC2. The van der Waals surface area contributed by atoms with Gasteiger partial charge in [0.2, 0.25) is 0 Å². The van der Waals surface area contributed by atoms with E-state index in [9.17, 15) is 0 Å². The van der Waals surface area contributed by atoms with Crippen LogP contribution in [0.1, 0.15) is 44.4 Å². The summed E-state index contributed by atoms with van der Waals surface area (Å²) >= 11 is 0. The summed E-state index contributed by atoms with van der Waals surface area (Å²) in [4.78, 5) is 8.96. The van der Waals surface area contributed by atoms with Crippen LogP contribution in [0.4, 0.5) is 0 Å². The standard InChI is InChI=1S/C22H34N6O/c1-5-20-26-21-11-8-18(14-28(21)27-20)25-22(23-4)24-13-12-17-6-9-19(10-7-17)29-15-16(2)3/h6-7,9-10,16,18H,5,8,11-15H2,1-4H3,(H2,23,24,25). The molecule has 1 aliphatic rings. The highest BCUT2D eigenvalue weighted by Crippen LogP contribution is 2.14. The first-order valence-electron chi connectivity index (χ1n) is 10.7. The van der Waals surface area contributed by atoms with Gasteiger partial charge in [-0.2, -0.15) is 5.10 Å². The van der Waals surface area contributed by atoms with Crippen molar-refractivity contribution in [3.63, 3.8) is 0 Å². The van der Waals surface area contributed by atoms with Crippen molar-refractivity contribution in [2.75, 3.05) is 20.2 Å². The lowest BCUT2D eigenvalue weighted by Crippen LogP contribution is -2.47. The van der Waals surface area contributed by atoms with E-state index in [0.29, 0.717) is 12.0 Å². The number of hydrogen-bond donors (Lipinski definition) is 2. The lowest BCUT2D eigenvalue weighted by molar-refractivity contribution is 0.271. The largest absolute Gasteiger partial charge is 0.493 e. The highest BCUT2D eigenvalue weighted by atomic mass is 16.5. The molecule has 0 fully saturated rings. The van der Waals surface area contributed by atoms with Crippen molar-refractivity contribution in [2.24, 2.45) is 10.9 Å².